The number of hydrogen-bond acceptors (Lipinski definition) is 2. The van der Waals surface area contributed by atoms with Crippen molar-refractivity contribution in [1.82, 2.24) is 10.2 Å². The van der Waals surface area contributed by atoms with E-state index in [9.17, 15) is 9.59 Å². The second-order valence-corrected chi connectivity index (χ2v) is 5.45. The van der Waals surface area contributed by atoms with Gasteiger partial charge in [-0.2, -0.15) is 0 Å². The Kier molecular flexibility index (Phi) is 4.54. The van der Waals surface area contributed by atoms with E-state index >= 15 is 0 Å². The first-order valence-corrected chi connectivity index (χ1v) is 6.49. The molecule has 3 atom stereocenters. The SMILES string of the molecule is CCC(C)C1C(=O)NC(C)C(=O)N1CC(C)C. The maximum atomic E-state index is 12.1. The van der Waals surface area contributed by atoms with Gasteiger partial charge in [0.15, 0.2) is 0 Å². The number of carbonyl (C=O) groups excluding carboxylic acids is 2. The maximum Gasteiger partial charge on any atom is 0.245 e. The molecule has 2 amide bonds. The van der Waals surface area contributed by atoms with Gasteiger partial charge in [-0.1, -0.05) is 34.1 Å². The van der Waals surface area contributed by atoms with Crippen molar-refractivity contribution in [2.45, 2.75) is 53.1 Å². The topological polar surface area (TPSA) is 49.4 Å². The van der Waals surface area contributed by atoms with Crippen LogP contribution in [0.2, 0.25) is 0 Å². The lowest BCUT2D eigenvalue weighted by atomic mass is 9.93. The van der Waals surface area contributed by atoms with Crippen LogP contribution in [0.15, 0.2) is 0 Å². The maximum absolute atomic E-state index is 12.1. The average molecular weight is 240 g/mol. The smallest absolute Gasteiger partial charge is 0.245 e. The molecular formula is C13H24N2O2. The van der Waals surface area contributed by atoms with E-state index in [1.807, 2.05) is 13.8 Å². The van der Waals surface area contributed by atoms with Crippen molar-refractivity contribution < 1.29 is 9.59 Å². The van der Waals surface area contributed by atoms with E-state index in [0.29, 0.717) is 12.5 Å². The Morgan fingerprint density at radius 1 is 1.29 bits per heavy atom. The van der Waals surface area contributed by atoms with Gasteiger partial charge in [0.25, 0.3) is 0 Å². The third-order valence-corrected chi connectivity index (χ3v) is 3.36. The molecule has 0 spiro atoms. The molecule has 1 saturated heterocycles. The van der Waals surface area contributed by atoms with Crippen LogP contribution in [0.5, 0.6) is 0 Å². The Morgan fingerprint density at radius 2 is 1.88 bits per heavy atom. The lowest BCUT2D eigenvalue weighted by Crippen LogP contribution is -2.64. The molecule has 0 bridgehead atoms. The lowest BCUT2D eigenvalue weighted by molar-refractivity contribution is -0.151. The van der Waals surface area contributed by atoms with Gasteiger partial charge in [-0.15, -0.1) is 0 Å². The van der Waals surface area contributed by atoms with Gasteiger partial charge in [0.1, 0.15) is 12.1 Å². The second-order valence-electron chi connectivity index (χ2n) is 5.45. The van der Waals surface area contributed by atoms with Crippen LogP contribution in [0, 0.1) is 11.8 Å². The van der Waals surface area contributed by atoms with Crippen molar-refractivity contribution in [2.75, 3.05) is 6.54 Å². The molecule has 0 saturated carbocycles. The molecule has 4 heteroatoms. The van der Waals surface area contributed by atoms with Crippen LogP contribution in [0.3, 0.4) is 0 Å². The fourth-order valence-corrected chi connectivity index (χ4v) is 2.27. The summed E-state index contributed by atoms with van der Waals surface area (Å²) in [6.45, 7) is 10.6. The molecule has 4 nitrogen and oxygen atoms in total. The summed E-state index contributed by atoms with van der Waals surface area (Å²) in [5.74, 6) is 0.615. The Labute approximate surface area is 104 Å². The van der Waals surface area contributed by atoms with E-state index in [-0.39, 0.29) is 29.8 Å². The predicted octanol–water partition coefficient (Wildman–Crippen LogP) is 1.40. The van der Waals surface area contributed by atoms with Crippen LogP contribution >= 0.6 is 0 Å². The van der Waals surface area contributed by atoms with Gasteiger partial charge in [-0.3, -0.25) is 9.59 Å². The van der Waals surface area contributed by atoms with Crippen molar-refractivity contribution in [1.29, 1.82) is 0 Å². The summed E-state index contributed by atoms with van der Waals surface area (Å²) in [5, 5.41) is 2.77. The average Bonchev–Trinajstić information content (AvgIpc) is 2.24. The monoisotopic (exact) mass is 240 g/mol. The number of hydrogen-bond donors (Lipinski definition) is 1. The normalized spacial score (nSPS) is 27.3. The van der Waals surface area contributed by atoms with Crippen molar-refractivity contribution in [3.63, 3.8) is 0 Å². The van der Waals surface area contributed by atoms with Gasteiger partial charge in [-0.05, 0) is 18.8 Å². The first-order valence-electron chi connectivity index (χ1n) is 6.49. The van der Waals surface area contributed by atoms with Gasteiger partial charge >= 0.3 is 0 Å². The number of nitrogens with zero attached hydrogens (tertiary/aromatic N) is 1. The molecular weight excluding hydrogens is 216 g/mol. The standard InChI is InChI=1S/C13H24N2O2/c1-6-9(4)11-12(16)14-10(5)13(17)15(11)7-8(2)3/h8-11H,6-7H2,1-5H3,(H,14,16). The highest BCUT2D eigenvalue weighted by Crippen LogP contribution is 2.21. The van der Waals surface area contributed by atoms with Gasteiger partial charge in [-0.25, -0.2) is 0 Å². The summed E-state index contributed by atoms with van der Waals surface area (Å²) >= 11 is 0. The summed E-state index contributed by atoms with van der Waals surface area (Å²) in [7, 11) is 0. The van der Waals surface area contributed by atoms with Crippen LogP contribution in [0.1, 0.15) is 41.0 Å². The largest absolute Gasteiger partial charge is 0.343 e. The lowest BCUT2D eigenvalue weighted by Gasteiger charge is -2.41. The summed E-state index contributed by atoms with van der Waals surface area (Å²) in [6, 6.07) is -0.687. The quantitative estimate of drug-likeness (QED) is 0.807. The third kappa shape index (κ3) is 2.99. The van der Waals surface area contributed by atoms with Crippen LogP contribution in [-0.4, -0.2) is 35.3 Å². The Hall–Kier alpha value is -1.06. The minimum absolute atomic E-state index is 0.00731. The summed E-state index contributed by atoms with van der Waals surface area (Å²) in [6.07, 6.45) is 0.897. The zero-order valence-corrected chi connectivity index (χ0v) is 11.5. The molecule has 0 aromatic rings. The van der Waals surface area contributed by atoms with E-state index < -0.39 is 0 Å². The van der Waals surface area contributed by atoms with Crippen LogP contribution in [0.4, 0.5) is 0 Å². The molecule has 0 radical (unpaired) electrons. The highest BCUT2D eigenvalue weighted by molar-refractivity contribution is 5.96. The number of carbonyl (C=O) groups is 2. The molecule has 1 aliphatic rings. The zero-order valence-electron chi connectivity index (χ0n) is 11.5. The first-order chi connectivity index (χ1) is 7.88. The number of nitrogens with one attached hydrogen (secondary N) is 1. The third-order valence-electron chi connectivity index (χ3n) is 3.36. The van der Waals surface area contributed by atoms with Gasteiger partial charge < -0.3 is 10.2 Å². The summed E-state index contributed by atoms with van der Waals surface area (Å²) in [5.41, 5.74) is 0. The predicted molar refractivity (Wildman–Crippen MR) is 67.4 cm³/mol. The van der Waals surface area contributed by atoms with Crippen molar-refractivity contribution in [3.8, 4) is 0 Å². The fourth-order valence-electron chi connectivity index (χ4n) is 2.27. The molecule has 1 rings (SSSR count). The van der Waals surface area contributed by atoms with E-state index in [4.69, 9.17) is 0 Å². The molecule has 3 unspecified atom stereocenters. The van der Waals surface area contributed by atoms with E-state index in [1.165, 1.54) is 0 Å². The molecule has 0 aromatic heterocycles. The van der Waals surface area contributed by atoms with E-state index in [0.717, 1.165) is 6.42 Å². The van der Waals surface area contributed by atoms with Gasteiger partial charge in [0.05, 0.1) is 0 Å². The number of rotatable bonds is 4. The minimum Gasteiger partial charge on any atom is -0.343 e. The zero-order chi connectivity index (χ0) is 13.2. The van der Waals surface area contributed by atoms with Crippen LogP contribution in [-0.2, 0) is 9.59 Å². The van der Waals surface area contributed by atoms with E-state index in [2.05, 4.69) is 19.2 Å². The fraction of sp³-hybridized carbons (Fsp3) is 0.846. The summed E-state index contributed by atoms with van der Waals surface area (Å²) < 4.78 is 0. The molecule has 0 aromatic carbocycles. The van der Waals surface area contributed by atoms with Crippen molar-refractivity contribution in [3.05, 3.63) is 0 Å². The Bertz CT molecular complexity index is 302. The highest BCUT2D eigenvalue weighted by Gasteiger charge is 2.40. The van der Waals surface area contributed by atoms with Gasteiger partial charge in [0, 0.05) is 6.54 Å². The molecule has 17 heavy (non-hydrogen) atoms. The number of amides is 2. The Morgan fingerprint density at radius 3 is 2.35 bits per heavy atom. The van der Waals surface area contributed by atoms with Crippen molar-refractivity contribution >= 4 is 11.8 Å². The minimum atomic E-state index is -0.387. The molecule has 1 aliphatic heterocycles. The molecule has 0 aliphatic carbocycles. The molecule has 98 valence electrons. The first kappa shape index (κ1) is 14.0. The summed E-state index contributed by atoms with van der Waals surface area (Å²) in [4.78, 5) is 26.0. The van der Waals surface area contributed by atoms with Crippen LogP contribution < -0.4 is 5.32 Å². The van der Waals surface area contributed by atoms with Crippen molar-refractivity contribution in [2.24, 2.45) is 11.8 Å². The number of piperazine rings is 1. The Balaban J connectivity index is 2.95. The van der Waals surface area contributed by atoms with Crippen LogP contribution in [0.25, 0.3) is 0 Å². The molecule has 1 heterocycles. The molecule has 1 N–H and O–H groups in total. The second kappa shape index (κ2) is 5.52. The highest BCUT2D eigenvalue weighted by atomic mass is 16.2. The van der Waals surface area contributed by atoms with E-state index in [1.54, 1.807) is 11.8 Å². The molecule has 1 fully saturated rings. The van der Waals surface area contributed by atoms with Gasteiger partial charge in [0.2, 0.25) is 11.8 Å².